The molecule has 7 nitrogen and oxygen atoms in total. The van der Waals surface area contributed by atoms with Crippen molar-refractivity contribution in [3.8, 4) is 0 Å². The van der Waals surface area contributed by atoms with Crippen LogP contribution >= 0.6 is 11.6 Å². The van der Waals surface area contributed by atoms with Gasteiger partial charge in [-0.05, 0) is 12.1 Å². The van der Waals surface area contributed by atoms with Crippen LogP contribution in [0.4, 0.5) is 0 Å². The number of ether oxygens (including phenoxy) is 2. The van der Waals surface area contributed by atoms with Crippen LogP contribution < -0.4 is 5.32 Å². The standard InChI is InChI=1S/C11H11ClN2O5/c1-18-9(16)5-14-8(15)6-19-11(17)7-3-2-4-13-10(7)12/h2-4H,5-6H2,1H3,(H,14,15). The molecule has 0 saturated carbocycles. The molecule has 0 spiro atoms. The second-order valence-electron chi connectivity index (χ2n) is 3.27. The predicted molar refractivity (Wildman–Crippen MR) is 64.6 cm³/mol. The Labute approximate surface area is 113 Å². The maximum atomic E-state index is 11.5. The number of pyridine rings is 1. The van der Waals surface area contributed by atoms with Crippen LogP contribution in [0.2, 0.25) is 5.15 Å². The lowest BCUT2D eigenvalue weighted by molar-refractivity contribution is -0.141. The third-order valence-corrected chi connectivity index (χ3v) is 2.27. The minimum atomic E-state index is -0.772. The summed E-state index contributed by atoms with van der Waals surface area (Å²) in [7, 11) is 1.19. The summed E-state index contributed by atoms with van der Waals surface area (Å²) in [6.45, 7) is -0.818. The molecule has 1 aromatic heterocycles. The van der Waals surface area contributed by atoms with Gasteiger partial charge in [0.25, 0.3) is 5.91 Å². The zero-order valence-electron chi connectivity index (χ0n) is 10.0. The van der Waals surface area contributed by atoms with Crippen molar-refractivity contribution < 1.29 is 23.9 Å². The van der Waals surface area contributed by atoms with Crippen LogP contribution in [0.25, 0.3) is 0 Å². The number of hydrogen-bond acceptors (Lipinski definition) is 6. The first-order valence-electron chi connectivity index (χ1n) is 5.15. The van der Waals surface area contributed by atoms with Crippen LogP contribution in [0, 0.1) is 0 Å². The van der Waals surface area contributed by atoms with Crippen LogP contribution in [-0.2, 0) is 19.1 Å². The summed E-state index contributed by atoms with van der Waals surface area (Å²) in [5.74, 6) is -2.00. The molecule has 1 aromatic rings. The molecule has 0 aliphatic carbocycles. The van der Waals surface area contributed by atoms with Crippen LogP contribution in [0.5, 0.6) is 0 Å². The summed E-state index contributed by atoms with van der Waals surface area (Å²) in [6.07, 6.45) is 1.42. The van der Waals surface area contributed by atoms with E-state index in [4.69, 9.17) is 16.3 Å². The fourth-order valence-electron chi connectivity index (χ4n) is 1.04. The van der Waals surface area contributed by atoms with Crippen molar-refractivity contribution in [2.75, 3.05) is 20.3 Å². The number of carbonyl (C=O) groups is 3. The van der Waals surface area contributed by atoms with Crippen LogP contribution in [0.15, 0.2) is 18.3 Å². The van der Waals surface area contributed by atoms with Crippen molar-refractivity contribution in [3.63, 3.8) is 0 Å². The first-order valence-corrected chi connectivity index (χ1v) is 5.53. The Balaban J connectivity index is 2.40. The summed E-state index contributed by atoms with van der Waals surface area (Å²) in [4.78, 5) is 37.2. The normalized spacial score (nSPS) is 9.58. The third kappa shape index (κ3) is 4.92. The lowest BCUT2D eigenvalue weighted by Crippen LogP contribution is -2.33. The molecule has 1 heterocycles. The number of methoxy groups -OCH3 is 1. The van der Waals surface area contributed by atoms with Gasteiger partial charge in [0.1, 0.15) is 11.7 Å². The van der Waals surface area contributed by atoms with Gasteiger partial charge in [-0.3, -0.25) is 9.59 Å². The zero-order valence-corrected chi connectivity index (χ0v) is 10.8. The first kappa shape index (κ1) is 14.9. The highest BCUT2D eigenvalue weighted by atomic mass is 35.5. The smallest absolute Gasteiger partial charge is 0.341 e. The monoisotopic (exact) mass is 286 g/mol. The van der Waals surface area contributed by atoms with Gasteiger partial charge in [0.2, 0.25) is 0 Å². The van der Waals surface area contributed by atoms with Crippen LogP contribution in [-0.4, -0.2) is 43.1 Å². The van der Waals surface area contributed by atoms with Crippen molar-refractivity contribution in [2.24, 2.45) is 0 Å². The molecule has 0 aliphatic heterocycles. The average Bonchev–Trinajstić information content (AvgIpc) is 2.42. The molecular formula is C11H11ClN2O5. The molecule has 8 heteroatoms. The molecule has 0 unspecified atom stereocenters. The molecule has 19 heavy (non-hydrogen) atoms. The average molecular weight is 287 g/mol. The second kappa shape index (κ2) is 7.32. The van der Waals surface area contributed by atoms with E-state index >= 15 is 0 Å². The molecule has 0 radical (unpaired) electrons. The molecular weight excluding hydrogens is 276 g/mol. The third-order valence-electron chi connectivity index (χ3n) is 1.97. The molecule has 0 fully saturated rings. The minimum Gasteiger partial charge on any atom is -0.468 e. The molecule has 1 rings (SSSR count). The topological polar surface area (TPSA) is 94.6 Å². The Morgan fingerprint density at radius 3 is 2.79 bits per heavy atom. The van der Waals surface area contributed by atoms with Crippen molar-refractivity contribution in [1.29, 1.82) is 0 Å². The van der Waals surface area contributed by atoms with Gasteiger partial charge in [0.15, 0.2) is 6.61 Å². The number of carbonyl (C=O) groups excluding carboxylic acids is 3. The highest BCUT2D eigenvalue weighted by molar-refractivity contribution is 6.32. The van der Waals surface area contributed by atoms with Gasteiger partial charge in [0.05, 0.1) is 12.7 Å². The molecule has 0 bridgehead atoms. The lowest BCUT2D eigenvalue weighted by atomic mass is 10.3. The van der Waals surface area contributed by atoms with Gasteiger partial charge < -0.3 is 14.8 Å². The highest BCUT2D eigenvalue weighted by Gasteiger charge is 2.14. The molecule has 1 amide bonds. The van der Waals surface area contributed by atoms with E-state index < -0.39 is 24.5 Å². The number of rotatable bonds is 5. The summed E-state index contributed by atoms with van der Waals surface area (Å²) < 4.78 is 9.03. The number of amides is 1. The first-order chi connectivity index (χ1) is 9.04. The van der Waals surface area contributed by atoms with Gasteiger partial charge in [-0.2, -0.15) is 0 Å². The Morgan fingerprint density at radius 2 is 2.16 bits per heavy atom. The van der Waals surface area contributed by atoms with Gasteiger partial charge in [0, 0.05) is 6.20 Å². The number of esters is 2. The van der Waals surface area contributed by atoms with E-state index in [1.165, 1.54) is 25.4 Å². The number of hydrogen-bond donors (Lipinski definition) is 1. The van der Waals surface area contributed by atoms with Gasteiger partial charge in [-0.15, -0.1) is 0 Å². The van der Waals surface area contributed by atoms with Gasteiger partial charge >= 0.3 is 11.9 Å². The van der Waals surface area contributed by atoms with Gasteiger partial charge in [-0.1, -0.05) is 11.6 Å². The van der Waals surface area contributed by atoms with E-state index in [2.05, 4.69) is 15.0 Å². The Bertz CT molecular complexity index is 492. The Kier molecular flexibility index (Phi) is 5.74. The van der Waals surface area contributed by atoms with Crippen molar-refractivity contribution in [1.82, 2.24) is 10.3 Å². The van der Waals surface area contributed by atoms with Crippen LogP contribution in [0.3, 0.4) is 0 Å². The summed E-state index contributed by atoms with van der Waals surface area (Å²) in [5, 5.41) is 2.20. The molecule has 0 saturated heterocycles. The number of nitrogens with one attached hydrogen (secondary N) is 1. The van der Waals surface area contributed by atoms with Crippen LogP contribution in [0.1, 0.15) is 10.4 Å². The fraction of sp³-hybridized carbons (Fsp3) is 0.273. The Hall–Kier alpha value is -2.15. The molecule has 0 aliphatic rings. The summed E-state index contributed by atoms with van der Waals surface area (Å²) in [6, 6.07) is 2.93. The van der Waals surface area contributed by atoms with Crippen molar-refractivity contribution in [3.05, 3.63) is 29.0 Å². The van der Waals surface area contributed by atoms with Crippen molar-refractivity contribution >= 4 is 29.4 Å². The molecule has 0 aromatic carbocycles. The quantitative estimate of drug-likeness (QED) is 0.613. The maximum Gasteiger partial charge on any atom is 0.341 e. The van der Waals surface area contributed by atoms with Crippen molar-refractivity contribution in [2.45, 2.75) is 0 Å². The Morgan fingerprint density at radius 1 is 1.42 bits per heavy atom. The molecule has 102 valence electrons. The van der Waals surface area contributed by atoms with E-state index in [0.717, 1.165) is 0 Å². The fourth-order valence-corrected chi connectivity index (χ4v) is 1.24. The van der Waals surface area contributed by atoms with E-state index in [1.807, 2.05) is 0 Å². The highest BCUT2D eigenvalue weighted by Crippen LogP contribution is 2.12. The van der Waals surface area contributed by atoms with E-state index in [-0.39, 0.29) is 17.3 Å². The SMILES string of the molecule is COC(=O)CNC(=O)COC(=O)c1cccnc1Cl. The van der Waals surface area contributed by atoms with E-state index in [1.54, 1.807) is 0 Å². The largest absolute Gasteiger partial charge is 0.468 e. The maximum absolute atomic E-state index is 11.5. The number of halogens is 1. The second-order valence-corrected chi connectivity index (χ2v) is 3.63. The molecule has 1 N–H and O–H groups in total. The summed E-state index contributed by atoms with van der Waals surface area (Å²) >= 11 is 5.68. The predicted octanol–water partition coefficient (Wildman–Crippen LogP) is 0.181. The molecule has 0 atom stereocenters. The minimum absolute atomic E-state index is 0.0116. The van der Waals surface area contributed by atoms with Gasteiger partial charge in [-0.25, -0.2) is 9.78 Å². The van der Waals surface area contributed by atoms with E-state index in [9.17, 15) is 14.4 Å². The zero-order chi connectivity index (χ0) is 14.3. The number of aromatic nitrogens is 1. The van der Waals surface area contributed by atoms with E-state index in [0.29, 0.717) is 0 Å². The number of nitrogens with zero attached hydrogens (tertiary/aromatic N) is 1. The summed E-state index contributed by atoms with van der Waals surface area (Å²) in [5.41, 5.74) is 0.0601. The lowest BCUT2D eigenvalue weighted by Gasteiger charge is -2.06.